The van der Waals surface area contributed by atoms with Crippen LogP contribution in [0.15, 0.2) is 24.3 Å². The molecule has 2 N–H and O–H groups in total. The number of benzene rings is 1. The molecule has 0 saturated heterocycles. The Morgan fingerprint density at radius 3 is 2.14 bits per heavy atom. The van der Waals surface area contributed by atoms with E-state index in [2.05, 4.69) is 24.4 Å². The van der Waals surface area contributed by atoms with E-state index in [0.717, 1.165) is 13.0 Å². The number of carbonyl (C=O) groups is 1. The molecule has 1 rings (SSSR count). The van der Waals surface area contributed by atoms with Crippen LogP contribution in [0.2, 0.25) is 0 Å². The van der Waals surface area contributed by atoms with Gasteiger partial charge < -0.3 is 28.7 Å². The molecule has 0 aliphatic carbocycles. The Bertz CT molecular complexity index is 645. The van der Waals surface area contributed by atoms with Crippen molar-refractivity contribution in [1.82, 2.24) is 5.32 Å². The highest BCUT2D eigenvalue weighted by molar-refractivity contribution is 7.40. The topological polar surface area (TPSA) is 86.2 Å². The second kappa shape index (κ2) is 22.9. The van der Waals surface area contributed by atoms with Crippen LogP contribution >= 0.6 is 8.60 Å². The van der Waals surface area contributed by atoms with E-state index in [1.54, 1.807) is 6.92 Å². The first-order valence-corrected chi connectivity index (χ1v) is 15.1. The Balaban J connectivity index is 2.28. The van der Waals surface area contributed by atoms with Crippen molar-refractivity contribution in [3.8, 4) is 5.75 Å². The molecule has 36 heavy (non-hydrogen) atoms. The lowest BCUT2D eigenvalue weighted by Crippen LogP contribution is -2.29. The van der Waals surface area contributed by atoms with Gasteiger partial charge in [-0.05, 0) is 37.1 Å². The Morgan fingerprint density at radius 1 is 0.889 bits per heavy atom. The summed E-state index contributed by atoms with van der Waals surface area (Å²) in [6, 6.07) is 8.09. The van der Waals surface area contributed by atoms with E-state index in [1.807, 2.05) is 19.1 Å². The van der Waals surface area contributed by atoms with Gasteiger partial charge >= 0.3 is 14.6 Å². The summed E-state index contributed by atoms with van der Waals surface area (Å²) in [5, 5.41) is 3.10. The normalized spacial score (nSPS) is 12.9. The third kappa shape index (κ3) is 18.1. The van der Waals surface area contributed by atoms with Gasteiger partial charge in [0.25, 0.3) is 0 Å². The SMILES string of the molecule is CCCCCCCCCCCCc1ccc(OCC(COP(O)OCCNCC)OC(=O)CC)cc1. The Hall–Kier alpha value is -1.24. The number of hydrogen-bond donors (Lipinski definition) is 2. The van der Waals surface area contributed by atoms with E-state index in [1.165, 1.54) is 69.8 Å². The molecule has 208 valence electrons. The molecule has 0 aliphatic rings. The molecule has 0 amide bonds. The number of nitrogens with one attached hydrogen (secondary N) is 1. The van der Waals surface area contributed by atoms with Gasteiger partial charge in [-0.1, -0.05) is 90.7 Å². The summed E-state index contributed by atoms with van der Waals surface area (Å²) in [6.07, 6.45) is 14.1. The summed E-state index contributed by atoms with van der Waals surface area (Å²) in [7, 11) is -2.03. The van der Waals surface area contributed by atoms with E-state index in [0.29, 0.717) is 18.9 Å². The van der Waals surface area contributed by atoms with Crippen LogP contribution in [0.5, 0.6) is 5.75 Å². The van der Waals surface area contributed by atoms with Gasteiger partial charge in [0, 0.05) is 13.0 Å². The zero-order valence-corrected chi connectivity index (χ0v) is 23.7. The predicted molar refractivity (Wildman–Crippen MR) is 147 cm³/mol. The fourth-order valence-corrected chi connectivity index (χ4v) is 4.32. The van der Waals surface area contributed by atoms with Crippen molar-refractivity contribution in [2.24, 2.45) is 0 Å². The number of esters is 1. The molecule has 0 saturated carbocycles. The van der Waals surface area contributed by atoms with Gasteiger partial charge in [0.2, 0.25) is 0 Å². The van der Waals surface area contributed by atoms with Gasteiger partial charge in [0.15, 0.2) is 6.10 Å². The standard InChI is InChI=1S/C28H50NO6P/c1-4-7-8-9-10-11-12-13-14-15-16-25-17-19-26(20-18-25)32-23-27(35-28(30)5-2)24-34-36(31)33-22-21-29-6-3/h17-20,27,29,31H,4-16,21-24H2,1-3H3. The van der Waals surface area contributed by atoms with Crippen molar-refractivity contribution < 1.29 is 28.2 Å². The van der Waals surface area contributed by atoms with Crippen molar-refractivity contribution in [1.29, 1.82) is 0 Å². The largest absolute Gasteiger partial charge is 0.490 e. The maximum atomic E-state index is 11.8. The fraction of sp³-hybridized carbons (Fsp3) is 0.750. The molecule has 7 nitrogen and oxygen atoms in total. The summed E-state index contributed by atoms with van der Waals surface area (Å²) in [5.41, 5.74) is 1.31. The quantitative estimate of drug-likeness (QED) is 0.0877. The Kier molecular flexibility index (Phi) is 20.9. The molecule has 0 fully saturated rings. The van der Waals surface area contributed by atoms with Crippen LogP contribution in [0.25, 0.3) is 0 Å². The van der Waals surface area contributed by atoms with E-state index in [9.17, 15) is 9.69 Å². The number of unbranched alkanes of at least 4 members (excludes halogenated alkanes) is 9. The van der Waals surface area contributed by atoms with Crippen LogP contribution in [0, 0.1) is 0 Å². The van der Waals surface area contributed by atoms with Crippen LogP contribution in [0.1, 0.15) is 97.0 Å². The molecule has 0 aromatic heterocycles. The summed E-state index contributed by atoms with van der Waals surface area (Å²) in [6.45, 7) is 7.95. The lowest BCUT2D eigenvalue weighted by molar-refractivity contribution is -0.152. The lowest BCUT2D eigenvalue weighted by atomic mass is 10.0. The van der Waals surface area contributed by atoms with Gasteiger partial charge in [-0.15, -0.1) is 0 Å². The molecule has 0 radical (unpaired) electrons. The first kappa shape index (κ1) is 32.8. The minimum atomic E-state index is -2.03. The van der Waals surface area contributed by atoms with E-state index in [4.69, 9.17) is 18.5 Å². The molecule has 0 spiro atoms. The van der Waals surface area contributed by atoms with Crippen LogP contribution in [0.4, 0.5) is 0 Å². The summed E-state index contributed by atoms with van der Waals surface area (Å²) in [4.78, 5) is 21.7. The minimum Gasteiger partial charge on any atom is -0.490 e. The number of aryl methyl sites for hydroxylation is 1. The number of carbonyl (C=O) groups excluding carboxylic acids is 1. The highest BCUT2D eigenvalue weighted by Crippen LogP contribution is 2.32. The highest BCUT2D eigenvalue weighted by Gasteiger charge is 2.18. The average Bonchev–Trinajstić information content (AvgIpc) is 2.89. The monoisotopic (exact) mass is 527 g/mol. The Labute approximate surface area is 220 Å². The van der Waals surface area contributed by atoms with Gasteiger partial charge in [0.05, 0.1) is 13.2 Å². The van der Waals surface area contributed by atoms with Crippen molar-refractivity contribution in [3.05, 3.63) is 29.8 Å². The molecule has 1 aromatic rings. The van der Waals surface area contributed by atoms with Crippen molar-refractivity contribution in [3.63, 3.8) is 0 Å². The van der Waals surface area contributed by atoms with Gasteiger partial charge in [0.1, 0.15) is 12.4 Å². The lowest BCUT2D eigenvalue weighted by Gasteiger charge is -2.19. The molecule has 2 unspecified atom stereocenters. The zero-order chi connectivity index (χ0) is 26.3. The van der Waals surface area contributed by atoms with Crippen molar-refractivity contribution >= 4 is 14.6 Å². The van der Waals surface area contributed by atoms with Crippen LogP contribution in [-0.2, 0) is 25.0 Å². The zero-order valence-electron chi connectivity index (χ0n) is 22.8. The van der Waals surface area contributed by atoms with Crippen LogP contribution in [0.3, 0.4) is 0 Å². The minimum absolute atomic E-state index is 0.00593. The van der Waals surface area contributed by atoms with Crippen molar-refractivity contribution in [2.75, 3.05) is 32.9 Å². The van der Waals surface area contributed by atoms with E-state index >= 15 is 0 Å². The molecule has 2 atom stereocenters. The number of hydrogen-bond acceptors (Lipinski definition) is 7. The molecule has 8 heteroatoms. The first-order chi connectivity index (χ1) is 17.6. The number of rotatable bonds is 24. The fourth-order valence-electron chi connectivity index (χ4n) is 3.70. The molecule has 1 aromatic carbocycles. The molecule has 0 bridgehead atoms. The third-order valence-corrected chi connectivity index (χ3v) is 6.64. The van der Waals surface area contributed by atoms with E-state index < -0.39 is 14.7 Å². The molecule has 0 aliphatic heterocycles. The van der Waals surface area contributed by atoms with Crippen LogP contribution < -0.4 is 10.1 Å². The van der Waals surface area contributed by atoms with Gasteiger partial charge in [-0.25, -0.2) is 0 Å². The number of likely N-dealkylation sites (N-methyl/N-ethyl adjacent to an activating group) is 1. The summed E-state index contributed by atoms with van der Waals surface area (Å²) >= 11 is 0. The second-order valence-electron chi connectivity index (χ2n) is 9.07. The molecular weight excluding hydrogens is 477 g/mol. The predicted octanol–water partition coefficient (Wildman–Crippen LogP) is 6.71. The summed E-state index contributed by atoms with van der Waals surface area (Å²) in [5.74, 6) is 0.377. The molecular formula is C28H50NO6P. The summed E-state index contributed by atoms with van der Waals surface area (Å²) < 4.78 is 21.8. The smallest absolute Gasteiger partial charge is 0.330 e. The van der Waals surface area contributed by atoms with E-state index in [-0.39, 0.29) is 25.6 Å². The number of ether oxygens (including phenoxy) is 2. The second-order valence-corrected chi connectivity index (χ2v) is 10.1. The van der Waals surface area contributed by atoms with Crippen molar-refractivity contribution in [2.45, 2.75) is 104 Å². The molecule has 0 heterocycles. The van der Waals surface area contributed by atoms with Crippen LogP contribution in [-0.4, -0.2) is 49.9 Å². The third-order valence-electron chi connectivity index (χ3n) is 5.87. The first-order valence-electron chi connectivity index (χ1n) is 14.0. The van der Waals surface area contributed by atoms with Gasteiger partial charge in [-0.2, -0.15) is 0 Å². The van der Waals surface area contributed by atoms with Gasteiger partial charge in [-0.3, -0.25) is 4.79 Å². The maximum absolute atomic E-state index is 11.8. The average molecular weight is 528 g/mol. The highest BCUT2D eigenvalue weighted by atomic mass is 31.2. The Morgan fingerprint density at radius 2 is 1.53 bits per heavy atom. The maximum Gasteiger partial charge on any atom is 0.330 e.